The van der Waals surface area contributed by atoms with Gasteiger partial charge in [0, 0.05) is 6.08 Å². The van der Waals surface area contributed by atoms with Crippen molar-refractivity contribution in [3.8, 4) is 0 Å². The number of halogens is 18. The van der Waals surface area contributed by atoms with Gasteiger partial charge in [-0.25, -0.2) is 0 Å². The van der Waals surface area contributed by atoms with Gasteiger partial charge in [0.1, 0.15) is 0 Å². The van der Waals surface area contributed by atoms with Gasteiger partial charge in [-0.1, -0.05) is 51.9 Å². The van der Waals surface area contributed by atoms with Crippen LogP contribution in [0.25, 0.3) is 0 Å². The fourth-order valence-electron chi connectivity index (χ4n) is 2.96. The maximum atomic E-state index is 13.9. The Kier molecular flexibility index (Phi) is 12.2. The van der Waals surface area contributed by atoms with Crippen molar-refractivity contribution in [3.05, 3.63) is 9.66 Å². The molecule has 0 radical (unpaired) electrons. The summed E-state index contributed by atoms with van der Waals surface area (Å²) >= 11 is 0.907. The molecule has 0 aliphatic rings. The summed E-state index contributed by atoms with van der Waals surface area (Å²) in [6.45, 7) is 1.96. The third-order valence-corrected chi connectivity index (χ3v) is 6.20. The fourth-order valence-corrected chi connectivity index (χ4v) is 3.74. The van der Waals surface area contributed by atoms with Crippen molar-refractivity contribution in [2.45, 2.75) is 112 Å². The molecule has 0 amide bonds. The van der Waals surface area contributed by atoms with E-state index in [1.54, 1.807) is 0 Å². The lowest BCUT2D eigenvalue weighted by atomic mass is 9.89. The molecule has 0 aromatic heterocycles. The predicted octanol–water partition coefficient (Wildman–Crippen LogP) is 10.8. The lowest BCUT2D eigenvalue weighted by Crippen LogP contribution is -2.74. The molecule has 0 aromatic rings. The van der Waals surface area contributed by atoms with Crippen LogP contribution in [0.2, 0.25) is 0 Å². The number of hydrogen-bond acceptors (Lipinski definition) is 0. The zero-order chi connectivity index (χ0) is 30.6. The molecule has 18 heteroatoms. The molecule has 0 saturated carbocycles. The molecule has 0 aromatic carbocycles. The van der Waals surface area contributed by atoms with Crippen LogP contribution in [0.5, 0.6) is 0 Å². The Morgan fingerprint density at radius 1 is 0.474 bits per heavy atom. The topological polar surface area (TPSA) is 0 Å². The SMILES string of the molecule is CCCCCCCCCCC(I)=CC(F)(F)C(F)(F)C(F)(F)C(F)(F)C(F)(F)C(F)(F)C(F)(F)C(F)(F)F. The first-order valence-corrected chi connectivity index (χ1v) is 11.9. The molecule has 0 aliphatic carbocycles. The Labute approximate surface area is 219 Å². The van der Waals surface area contributed by atoms with Crippen LogP contribution >= 0.6 is 22.6 Å². The summed E-state index contributed by atoms with van der Waals surface area (Å²) in [5, 5.41) is 0. The van der Waals surface area contributed by atoms with Crippen LogP contribution in [-0.2, 0) is 0 Å². The molecule has 0 aliphatic heterocycles. The van der Waals surface area contributed by atoms with Gasteiger partial charge in [-0.05, 0) is 39.0 Å². The number of alkyl halides is 17. The summed E-state index contributed by atoms with van der Waals surface area (Å²) in [5.41, 5.74) is 0. The van der Waals surface area contributed by atoms with Gasteiger partial charge in [-0.2, -0.15) is 74.6 Å². The first-order chi connectivity index (χ1) is 16.7. The van der Waals surface area contributed by atoms with E-state index >= 15 is 0 Å². The van der Waals surface area contributed by atoms with Gasteiger partial charge in [0.15, 0.2) is 0 Å². The summed E-state index contributed by atoms with van der Waals surface area (Å²) in [7, 11) is 0. The highest BCUT2D eigenvalue weighted by atomic mass is 127. The average molecular weight is 712 g/mol. The zero-order valence-electron chi connectivity index (χ0n) is 19.2. The molecule has 0 rings (SSSR count). The molecule has 0 fully saturated rings. The Morgan fingerprint density at radius 2 is 0.789 bits per heavy atom. The zero-order valence-corrected chi connectivity index (χ0v) is 21.4. The number of allylic oxidation sites excluding steroid dienone is 2. The minimum absolute atomic E-state index is 0.00751. The van der Waals surface area contributed by atoms with E-state index in [0.717, 1.165) is 48.3 Å². The molecule has 0 N–H and O–H groups in total. The van der Waals surface area contributed by atoms with Gasteiger partial charge >= 0.3 is 47.6 Å². The normalized spacial score (nSPS) is 15.8. The number of unbranched alkanes of at least 4 members (excludes halogenated alkanes) is 7. The summed E-state index contributed by atoms with van der Waals surface area (Å²) < 4.78 is 225. The van der Waals surface area contributed by atoms with E-state index in [1.807, 2.05) is 6.92 Å². The summed E-state index contributed by atoms with van der Waals surface area (Å²) in [6, 6.07) is 0. The molecular weight excluding hydrogens is 690 g/mol. The van der Waals surface area contributed by atoms with Crippen molar-refractivity contribution in [3.63, 3.8) is 0 Å². The Bertz CT molecular complexity index is 783. The summed E-state index contributed by atoms with van der Waals surface area (Å²) in [4.78, 5) is 0. The van der Waals surface area contributed by atoms with Crippen LogP contribution in [0.3, 0.4) is 0 Å². The van der Waals surface area contributed by atoms with Gasteiger partial charge in [0.2, 0.25) is 0 Å². The molecule has 0 nitrogen and oxygen atoms in total. The maximum absolute atomic E-state index is 13.9. The van der Waals surface area contributed by atoms with Crippen LogP contribution in [0.15, 0.2) is 9.66 Å². The van der Waals surface area contributed by atoms with E-state index in [2.05, 4.69) is 0 Å². The molecule has 0 atom stereocenters. The lowest BCUT2D eigenvalue weighted by molar-refractivity contribution is -0.459. The van der Waals surface area contributed by atoms with Crippen molar-refractivity contribution < 1.29 is 74.6 Å². The molecule has 38 heavy (non-hydrogen) atoms. The van der Waals surface area contributed by atoms with Crippen molar-refractivity contribution in [2.75, 3.05) is 0 Å². The molecule has 0 heterocycles. The number of hydrogen-bond donors (Lipinski definition) is 0. The molecule has 228 valence electrons. The number of rotatable bonds is 16. The van der Waals surface area contributed by atoms with Crippen LogP contribution in [0.1, 0.15) is 64.7 Å². The second-order valence-corrected chi connectivity index (χ2v) is 9.77. The van der Waals surface area contributed by atoms with Gasteiger partial charge in [-0.15, -0.1) is 0 Å². The molecular formula is C20H22F17I. The first-order valence-electron chi connectivity index (χ1n) is 10.8. The highest BCUT2D eigenvalue weighted by Crippen LogP contribution is 2.64. The highest BCUT2D eigenvalue weighted by molar-refractivity contribution is 14.1. The van der Waals surface area contributed by atoms with Crippen molar-refractivity contribution in [1.82, 2.24) is 0 Å². The van der Waals surface area contributed by atoms with Crippen LogP contribution < -0.4 is 0 Å². The second-order valence-electron chi connectivity index (χ2n) is 8.38. The third kappa shape index (κ3) is 6.94. The molecule has 0 bridgehead atoms. The van der Waals surface area contributed by atoms with Crippen molar-refractivity contribution in [2.24, 2.45) is 0 Å². The van der Waals surface area contributed by atoms with E-state index < -0.39 is 63.7 Å². The van der Waals surface area contributed by atoms with Crippen LogP contribution in [0, 0.1) is 0 Å². The molecule has 0 saturated heterocycles. The third-order valence-electron chi connectivity index (χ3n) is 5.35. The van der Waals surface area contributed by atoms with Crippen molar-refractivity contribution >= 4 is 22.6 Å². The second kappa shape index (κ2) is 12.4. The molecule has 0 unspecified atom stereocenters. The fraction of sp³-hybridized carbons (Fsp3) is 0.900. The Morgan fingerprint density at radius 3 is 1.16 bits per heavy atom. The Hall–Kier alpha value is -0.720. The molecule has 0 spiro atoms. The van der Waals surface area contributed by atoms with E-state index in [9.17, 15) is 74.6 Å². The summed E-state index contributed by atoms with van der Waals surface area (Å²) in [5.74, 6) is -56.2. The van der Waals surface area contributed by atoms with Crippen LogP contribution in [-0.4, -0.2) is 47.6 Å². The van der Waals surface area contributed by atoms with E-state index in [-0.39, 0.29) is 6.42 Å². The van der Waals surface area contributed by atoms with E-state index in [0.29, 0.717) is 19.3 Å². The monoisotopic (exact) mass is 712 g/mol. The average Bonchev–Trinajstić information content (AvgIpc) is 2.73. The van der Waals surface area contributed by atoms with Gasteiger partial charge < -0.3 is 0 Å². The maximum Gasteiger partial charge on any atom is 0.460 e. The van der Waals surface area contributed by atoms with E-state index in [1.165, 1.54) is 0 Å². The van der Waals surface area contributed by atoms with Gasteiger partial charge in [0.25, 0.3) is 0 Å². The lowest BCUT2D eigenvalue weighted by Gasteiger charge is -2.42. The smallest absolute Gasteiger partial charge is 0.195 e. The largest absolute Gasteiger partial charge is 0.460 e. The van der Waals surface area contributed by atoms with E-state index in [4.69, 9.17) is 0 Å². The quantitative estimate of drug-likeness (QED) is 0.0849. The minimum Gasteiger partial charge on any atom is -0.195 e. The van der Waals surface area contributed by atoms with Gasteiger partial charge in [0.05, 0.1) is 0 Å². The highest BCUT2D eigenvalue weighted by Gasteiger charge is 2.95. The summed E-state index contributed by atoms with van der Waals surface area (Å²) in [6.07, 6.45) is -4.04. The minimum atomic E-state index is -8.60. The van der Waals surface area contributed by atoms with Crippen LogP contribution in [0.4, 0.5) is 74.6 Å². The standard InChI is InChI=1S/C20H22F17I/c1-2-3-4-5-6-7-8-9-10-12(38)11-13(21,22)14(23,24)15(25,26)16(27,28)17(29,30)18(31,32)19(33,34)20(35,36)37/h11H,2-10H2,1H3. The first kappa shape index (κ1) is 37.3. The Balaban J connectivity index is 5.94. The predicted molar refractivity (Wildman–Crippen MR) is 110 cm³/mol. The van der Waals surface area contributed by atoms with Crippen molar-refractivity contribution in [1.29, 1.82) is 0 Å². The van der Waals surface area contributed by atoms with Gasteiger partial charge in [-0.3, -0.25) is 0 Å².